The van der Waals surface area contributed by atoms with Gasteiger partial charge < -0.3 is 15.5 Å². The molecule has 0 fully saturated rings. The van der Waals surface area contributed by atoms with Gasteiger partial charge in [-0.15, -0.1) is 0 Å². The number of rotatable bonds is 5. The van der Waals surface area contributed by atoms with E-state index in [1.54, 1.807) is 30.5 Å². The summed E-state index contributed by atoms with van der Waals surface area (Å²) in [7, 11) is 0. The first-order valence-electron chi connectivity index (χ1n) is 11.4. The summed E-state index contributed by atoms with van der Waals surface area (Å²) in [6, 6.07) is 30.3. The van der Waals surface area contributed by atoms with E-state index in [4.69, 9.17) is 10.2 Å². The second-order valence-electron chi connectivity index (χ2n) is 8.27. The summed E-state index contributed by atoms with van der Waals surface area (Å²) in [5, 5.41) is 4.95. The second kappa shape index (κ2) is 8.88. The van der Waals surface area contributed by atoms with Crippen molar-refractivity contribution >= 4 is 56.4 Å². The van der Waals surface area contributed by atoms with Crippen molar-refractivity contribution in [3.05, 3.63) is 115 Å². The molecular weight excluding hydrogens is 450 g/mol. The van der Waals surface area contributed by atoms with Crippen molar-refractivity contribution in [1.29, 1.82) is 0 Å². The number of benzene rings is 4. The van der Waals surface area contributed by atoms with Crippen LogP contribution in [0.5, 0.6) is 0 Å². The Morgan fingerprint density at radius 2 is 1.61 bits per heavy atom. The topological polar surface area (TPSA) is 97.3 Å². The summed E-state index contributed by atoms with van der Waals surface area (Å²) in [6.07, 6.45) is 3.24. The van der Waals surface area contributed by atoms with Crippen molar-refractivity contribution in [2.45, 2.75) is 0 Å². The molecule has 2 aromatic heterocycles. The van der Waals surface area contributed by atoms with Crippen molar-refractivity contribution < 1.29 is 9.21 Å². The monoisotopic (exact) mass is 471 g/mol. The molecule has 4 aromatic carbocycles. The van der Waals surface area contributed by atoms with Crippen molar-refractivity contribution in [3.63, 3.8) is 0 Å². The van der Waals surface area contributed by atoms with Crippen LogP contribution >= 0.6 is 0 Å². The molecule has 0 atom stereocenters. The highest BCUT2D eigenvalue weighted by molar-refractivity contribution is 6.13. The Balaban J connectivity index is 1.41. The first-order valence-corrected chi connectivity index (χ1v) is 11.4. The van der Waals surface area contributed by atoms with Gasteiger partial charge in [0.25, 0.3) is 5.91 Å². The maximum absolute atomic E-state index is 12.6. The fourth-order valence-electron chi connectivity index (χ4n) is 4.28. The number of nitrogen functional groups attached to an aromatic ring is 1. The lowest BCUT2D eigenvalue weighted by Gasteiger charge is -2.25. The first-order chi connectivity index (χ1) is 17.7. The SMILES string of the molecule is Nc1ccc(C(=O)Nc2ccc(N(c3ccncn3)c3cccc4oc5ccccc5c34)cc2)cc1. The van der Waals surface area contributed by atoms with Crippen molar-refractivity contribution in [3.8, 4) is 0 Å². The van der Waals surface area contributed by atoms with Gasteiger partial charge in [0.05, 0.1) is 11.1 Å². The minimum Gasteiger partial charge on any atom is -0.456 e. The van der Waals surface area contributed by atoms with Crippen LogP contribution < -0.4 is 16.0 Å². The van der Waals surface area contributed by atoms with E-state index in [2.05, 4.69) is 26.3 Å². The van der Waals surface area contributed by atoms with E-state index < -0.39 is 0 Å². The van der Waals surface area contributed by atoms with Gasteiger partial charge in [0.1, 0.15) is 23.3 Å². The standard InChI is InChI=1S/C29H21N5O2/c30-20-10-8-19(9-11-20)29(35)33-21-12-14-22(15-13-21)34(27-16-17-31-18-32-27)24-5-3-7-26-28(24)23-4-1-2-6-25(23)36-26/h1-18H,30H2,(H,33,35). The Bertz CT molecular complexity index is 1680. The van der Waals surface area contributed by atoms with Crippen LogP contribution in [0, 0.1) is 0 Å². The number of amides is 1. The van der Waals surface area contributed by atoms with E-state index in [0.29, 0.717) is 22.8 Å². The van der Waals surface area contributed by atoms with Gasteiger partial charge in [0.15, 0.2) is 0 Å². The fourth-order valence-corrected chi connectivity index (χ4v) is 4.28. The van der Waals surface area contributed by atoms with E-state index in [1.165, 1.54) is 6.33 Å². The van der Waals surface area contributed by atoms with Gasteiger partial charge >= 0.3 is 0 Å². The number of furan rings is 1. The van der Waals surface area contributed by atoms with Crippen LogP contribution in [0.15, 0.2) is 114 Å². The average Bonchev–Trinajstić information content (AvgIpc) is 3.30. The van der Waals surface area contributed by atoms with Crippen molar-refractivity contribution in [1.82, 2.24) is 9.97 Å². The molecule has 0 radical (unpaired) electrons. The Kier molecular flexibility index (Phi) is 5.27. The molecule has 6 rings (SSSR count). The van der Waals surface area contributed by atoms with Gasteiger partial charge in [-0.2, -0.15) is 0 Å². The molecule has 2 heterocycles. The zero-order valence-corrected chi connectivity index (χ0v) is 19.1. The normalized spacial score (nSPS) is 11.0. The molecule has 7 nitrogen and oxygen atoms in total. The number of nitrogens with one attached hydrogen (secondary N) is 1. The third kappa shape index (κ3) is 3.88. The molecule has 174 valence electrons. The third-order valence-electron chi connectivity index (χ3n) is 5.97. The van der Waals surface area contributed by atoms with Gasteiger partial charge in [-0.25, -0.2) is 9.97 Å². The highest BCUT2D eigenvalue weighted by Crippen LogP contribution is 2.42. The number of anilines is 5. The van der Waals surface area contributed by atoms with E-state index in [1.807, 2.05) is 66.7 Å². The number of para-hydroxylation sites is 1. The molecule has 0 saturated carbocycles. The molecule has 0 aliphatic heterocycles. The van der Waals surface area contributed by atoms with E-state index in [9.17, 15) is 4.79 Å². The predicted molar refractivity (Wildman–Crippen MR) is 143 cm³/mol. The first kappa shape index (κ1) is 21.4. The average molecular weight is 472 g/mol. The minimum atomic E-state index is -0.204. The van der Waals surface area contributed by atoms with E-state index in [0.717, 1.165) is 33.3 Å². The minimum absolute atomic E-state index is 0.204. The maximum Gasteiger partial charge on any atom is 0.255 e. The molecule has 36 heavy (non-hydrogen) atoms. The van der Waals surface area contributed by atoms with Crippen molar-refractivity contribution in [2.75, 3.05) is 16.0 Å². The van der Waals surface area contributed by atoms with Crippen LogP contribution in [-0.2, 0) is 0 Å². The van der Waals surface area contributed by atoms with Crippen LogP contribution in [0.3, 0.4) is 0 Å². The quantitative estimate of drug-likeness (QED) is 0.272. The Morgan fingerprint density at radius 3 is 2.39 bits per heavy atom. The molecule has 0 aliphatic rings. The summed E-state index contributed by atoms with van der Waals surface area (Å²) in [6.45, 7) is 0. The smallest absolute Gasteiger partial charge is 0.255 e. The van der Waals surface area contributed by atoms with Crippen LogP contribution in [-0.4, -0.2) is 15.9 Å². The number of carbonyl (C=O) groups is 1. The summed E-state index contributed by atoms with van der Waals surface area (Å²) in [5.41, 5.74) is 11.0. The molecular formula is C29H21N5O2. The van der Waals surface area contributed by atoms with Gasteiger partial charge in [-0.1, -0.05) is 24.3 Å². The van der Waals surface area contributed by atoms with Gasteiger partial charge in [-0.3, -0.25) is 9.69 Å². The number of nitrogens with two attached hydrogens (primary N) is 1. The lowest BCUT2D eigenvalue weighted by atomic mass is 10.1. The number of carbonyl (C=O) groups excluding carboxylic acids is 1. The molecule has 0 aliphatic carbocycles. The predicted octanol–water partition coefficient (Wildman–Crippen LogP) is 6.68. The molecule has 0 spiro atoms. The second-order valence-corrected chi connectivity index (χ2v) is 8.27. The summed E-state index contributed by atoms with van der Waals surface area (Å²) >= 11 is 0. The van der Waals surface area contributed by atoms with Gasteiger partial charge in [0.2, 0.25) is 0 Å². The molecule has 6 aromatic rings. The number of nitrogens with zero attached hydrogens (tertiary/aromatic N) is 3. The van der Waals surface area contributed by atoms with Crippen LogP contribution in [0.25, 0.3) is 21.9 Å². The lowest BCUT2D eigenvalue weighted by molar-refractivity contribution is 0.102. The Morgan fingerprint density at radius 1 is 0.833 bits per heavy atom. The van der Waals surface area contributed by atoms with E-state index in [-0.39, 0.29) is 5.91 Å². The number of hydrogen-bond acceptors (Lipinski definition) is 6. The number of fused-ring (bicyclic) bond motifs is 3. The van der Waals surface area contributed by atoms with Crippen LogP contribution in [0.4, 0.5) is 28.6 Å². The summed E-state index contributed by atoms with van der Waals surface area (Å²) < 4.78 is 6.11. The molecule has 1 amide bonds. The summed E-state index contributed by atoms with van der Waals surface area (Å²) in [4.78, 5) is 23.3. The van der Waals surface area contributed by atoms with E-state index >= 15 is 0 Å². The molecule has 3 N–H and O–H groups in total. The third-order valence-corrected chi connectivity index (χ3v) is 5.97. The highest BCUT2D eigenvalue weighted by atomic mass is 16.3. The molecule has 0 bridgehead atoms. The molecule has 0 unspecified atom stereocenters. The maximum atomic E-state index is 12.6. The van der Waals surface area contributed by atoms with Crippen molar-refractivity contribution in [2.24, 2.45) is 0 Å². The Hall–Kier alpha value is -5.17. The van der Waals surface area contributed by atoms with Gasteiger partial charge in [-0.05, 0) is 72.8 Å². The Labute approximate surface area is 206 Å². The largest absolute Gasteiger partial charge is 0.456 e. The number of hydrogen-bond donors (Lipinski definition) is 2. The highest BCUT2D eigenvalue weighted by Gasteiger charge is 2.20. The molecule has 7 heteroatoms. The fraction of sp³-hybridized carbons (Fsp3) is 0. The van der Waals surface area contributed by atoms with Crippen LogP contribution in [0.1, 0.15) is 10.4 Å². The number of aromatic nitrogens is 2. The zero-order valence-electron chi connectivity index (χ0n) is 19.1. The van der Waals surface area contributed by atoms with Gasteiger partial charge in [0, 0.05) is 34.2 Å². The van der Waals surface area contributed by atoms with Crippen LogP contribution in [0.2, 0.25) is 0 Å². The summed E-state index contributed by atoms with van der Waals surface area (Å²) in [5.74, 6) is 0.506. The molecule has 0 saturated heterocycles. The zero-order chi connectivity index (χ0) is 24.5. The lowest BCUT2D eigenvalue weighted by Crippen LogP contribution is -2.13.